The highest BCUT2D eigenvalue weighted by molar-refractivity contribution is 6.35. The molecule has 0 radical (unpaired) electrons. The molecule has 30 heavy (non-hydrogen) atoms. The van der Waals surface area contributed by atoms with E-state index in [9.17, 15) is 9.90 Å². The molecule has 0 bridgehead atoms. The highest BCUT2D eigenvalue weighted by atomic mass is 35.5. The fourth-order valence-electron chi connectivity index (χ4n) is 3.74. The van der Waals surface area contributed by atoms with Gasteiger partial charge in [-0.3, -0.25) is 14.3 Å². The van der Waals surface area contributed by atoms with Gasteiger partial charge in [0.1, 0.15) is 0 Å². The summed E-state index contributed by atoms with van der Waals surface area (Å²) < 4.78 is 1.66. The Morgan fingerprint density at radius 1 is 1.17 bits per heavy atom. The molecule has 0 saturated carbocycles. The lowest BCUT2D eigenvalue weighted by Crippen LogP contribution is -2.53. The molecule has 2 aromatic heterocycles. The Bertz CT molecular complexity index is 1130. The van der Waals surface area contributed by atoms with Crippen molar-refractivity contribution in [1.82, 2.24) is 14.5 Å². The summed E-state index contributed by atoms with van der Waals surface area (Å²) in [6.07, 6.45) is 3.21. The topological polar surface area (TPSA) is 71.2 Å². The Hall–Kier alpha value is -2.41. The van der Waals surface area contributed by atoms with Crippen molar-refractivity contribution < 1.29 is 5.11 Å². The zero-order valence-corrected chi connectivity index (χ0v) is 18.2. The van der Waals surface area contributed by atoms with E-state index in [1.165, 1.54) is 0 Å². The molecule has 1 aromatic carbocycles. The van der Waals surface area contributed by atoms with Crippen molar-refractivity contribution >= 4 is 29.2 Å². The third-order valence-electron chi connectivity index (χ3n) is 5.56. The second kappa shape index (κ2) is 8.02. The molecule has 1 N–H and O–H groups in total. The number of rotatable bonds is 4. The molecule has 0 aliphatic carbocycles. The first kappa shape index (κ1) is 20.8. The first-order valence-electron chi connectivity index (χ1n) is 9.69. The number of anilines is 1. The van der Waals surface area contributed by atoms with Gasteiger partial charge in [-0.2, -0.15) is 0 Å². The number of aliphatic hydroxyl groups is 1. The molecular weight excluding hydrogens is 423 g/mol. The van der Waals surface area contributed by atoms with E-state index in [-0.39, 0.29) is 17.6 Å². The summed E-state index contributed by atoms with van der Waals surface area (Å²) >= 11 is 12.3. The van der Waals surface area contributed by atoms with Crippen molar-refractivity contribution in [3.63, 3.8) is 0 Å². The van der Waals surface area contributed by atoms with Gasteiger partial charge >= 0.3 is 0 Å². The maximum atomic E-state index is 12.8. The maximum absolute atomic E-state index is 12.8. The van der Waals surface area contributed by atoms with Crippen LogP contribution in [-0.2, 0) is 6.54 Å². The Balaban J connectivity index is 1.76. The molecule has 0 spiro atoms. The monoisotopic (exact) mass is 444 g/mol. The zero-order chi connectivity index (χ0) is 21.5. The van der Waals surface area contributed by atoms with E-state index in [2.05, 4.69) is 18.8 Å². The van der Waals surface area contributed by atoms with Crippen LogP contribution in [0.25, 0.3) is 11.3 Å². The number of nitrogens with zero attached hydrogens (tertiary/aromatic N) is 4. The van der Waals surface area contributed by atoms with Crippen LogP contribution in [0.4, 0.5) is 5.95 Å². The minimum atomic E-state index is -0.873. The van der Waals surface area contributed by atoms with E-state index in [1.54, 1.807) is 41.2 Å². The molecule has 1 aliphatic heterocycles. The van der Waals surface area contributed by atoms with Crippen molar-refractivity contribution in [2.75, 3.05) is 11.4 Å². The van der Waals surface area contributed by atoms with E-state index < -0.39 is 6.10 Å². The van der Waals surface area contributed by atoms with Crippen LogP contribution in [0.2, 0.25) is 10.0 Å². The molecule has 1 unspecified atom stereocenters. The lowest BCUT2D eigenvalue weighted by Gasteiger charge is -2.45. The molecule has 0 fully saturated rings. The summed E-state index contributed by atoms with van der Waals surface area (Å²) in [5.41, 5.74) is 1.55. The van der Waals surface area contributed by atoms with Gasteiger partial charge < -0.3 is 10.0 Å². The average Bonchev–Trinajstić information content (AvgIpc) is 2.70. The summed E-state index contributed by atoms with van der Waals surface area (Å²) in [6, 6.07) is 10.2. The van der Waals surface area contributed by atoms with Crippen LogP contribution in [0.1, 0.15) is 31.9 Å². The van der Waals surface area contributed by atoms with E-state index in [0.29, 0.717) is 33.8 Å². The molecule has 3 heterocycles. The second-order valence-electron chi connectivity index (χ2n) is 8.02. The second-order valence-corrected chi connectivity index (χ2v) is 8.87. The highest BCUT2D eigenvalue weighted by Gasteiger charge is 2.36. The molecule has 1 aliphatic rings. The molecular formula is C22H22Cl2N4O2. The van der Waals surface area contributed by atoms with Gasteiger partial charge in [-0.25, -0.2) is 4.98 Å². The number of fused-ring (bicyclic) bond motifs is 1. The molecule has 156 valence electrons. The molecule has 4 rings (SSSR count). The van der Waals surface area contributed by atoms with Gasteiger partial charge in [0.2, 0.25) is 5.95 Å². The number of halogens is 2. The van der Waals surface area contributed by atoms with Crippen LogP contribution in [0.15, 0.2) is 53.6 Å². The zero-order valence-electron chi connectivity index (χ0n) is 16.7. The maximum Gasteiger partial charge on any atom is 0.255 e. The van der Waals surface area contributed by atoms with E-state index in [0.717, 1.165) is 12.0 Å². The molecule has 8 heteroatoms. The van der Waals surface area contributed by atoms with Crippen molar-refractivity contribution in [2.45, 2.75) is 38.5 Å². The van der Waals surface area contributed by atoms with Gasteiger partial charge in [0.05, 0.1) is 18.3 Å². The van der Waals surface area contributed by atoms with Crippen LogP contribution < -0.4 is 10.5 Å². The van der Waals surface area contributed by atoms with Gasteiger partial charge in [0.15, 0.2) is 0 Å². The van der Waals surface area contributed by atoms with Crippen molar-refractivity contribution in [3.05, 3.63) is 74.8 Å². The average molecular weight is 445 g/mol. The summed E-state index contributed by atoms with van der Waals surface area (Å²) in [5.74, 6) is 0.537. The Morgan fingerprint density at radius 3 is 2.60 bits per heavy atom. The predicted molar refractivity (Wildman–Crippen MR) is 119 cm³/mol. The lowest BCUT2D eigenvalue weighted by atomic mass is 9.95. The predicted octanol–water partition coefficient (Wildman–Crippen LogP) is 4.33. The van der Waals surface area contributed by atoms with Gasteiger partial charge in [-0.15, -0.1) is 0 Å². The number of aliphatic hydroxyl groups excluding tert-OH is 1. The van der Waals surface area contributed by atoms with Gasteiger partial charge in [-0.05, 0) is 44.5 Å². The first-order valence-corrected chi connectivity index (χ1v) is 10.4. The van der Waals surface area contributed by atoms with E-state index in [1.807, 2.05) is 17.0 Å². The normalized spacial score (nSPS) is 16.2. The SMILES string of the molecule is CC1(C)CCn2c(nc(-c3ccncc3)cc2=O)N1CC(O)c1ccc(Cl)cc1Cl. The van der Waals surface area contributed by atoms with Crippen molar-refractivity contribution in [3.8, 4) is 11.3 Å². The van der Waals surface area contributed by atoms with Crippen LogP contribution in [0.5, 0.6) is 0 Å². The molecule has 6 nitrogen and oxygen atoms in total. The Kier molecular flexibility index (Phi) is 5.57. The van der Waals surface area contributed by atoms with Gasteiger partial charge in [0.25, 0.3) is 5.56 Å². The Morgan fingerprint density at radius 2 is 1.90 bits per heavy atom. The van der Waals surface area contributed by atoms with Gasteiger partial charge in [0, 0.05) is 51.7 Å². The minimum absolute atomic E-state index is 0.119. The molecule has 0 amide bonds. The fraction of sp³-hybridized carbons (Fsp3) is 0.318. The summed E-state index contributed by atoms with van der Waals surface area (Å²) in [5, 5.41) is 11.9. The summed E-state index contributed by atoms with van der Waals surface area (Å²) in [4.78, 5) is 23.7. The number of β-amino-alcohol motifs (C(OH)–C–C–N with tert-alkyl or cyclic N) is 1. The van der Waals surface area contributed by atoms with Crippen LogP contribution in [0, 0.1) is 0 Å². The largest absolute Gasteiger partial charge is 0.387 e. The summed E-state index contributed by atoms with van der Waals surface area (Å²) in [7, 11) is 0. The van der Waals surface area contributed by atoms with Crippen LogP contribution in [0.3, 0.4) is 0 Å². The number of benzene rings is 1. The number of pyridine rings is 1. The van der Waals surface area contributed by atoms with E-state index in [4.69, 9.17) is 28.2 Å². The number of hydrogen-bond donors (Lipinski definition) is 1. The molecule has 1 atom stereocenters. The van der Waals surface area contributed by atoms with Crippen LogP contribution in [-0.4, -0.2) is 31.7 Å². The quantitative estimate of drug-likeness (QED) is 0.647. The van der Waals surface area contributed by atoms with Crippen molar-refractivity contribution in [1.29, 1.82) is 0 Å². The molecule has 0 saturated heterocycles. The first-order chi connectivity index (χ1) is 14.3. The third kappa shape index (κ3) is 3.95. The standard InChI is InChI=1S/C22H22Cl2N4O2/c1-22(2)7-10-27-20(30)12-18(14-5-8-25-9-6-14)26-21(27)28(22)13-19(29)16-4-3-15(23)11-17(16)24/h3-6,8-9,11-12,19,29H,7,10,13H2,1-2H3. The third-order valence-corrected chi connectivity index (χ3v) is 6.12. The fourth-order valence-corrected chi connectivity index (χ4v) is 4.28. The highest BCUT2D eigenvalue weighted by Crippen LogP contribution is 2.35. The minimum Gasteiger partial charge on any atom is -0.387 e. The van der Waals surface area contributed by atoms with E-state index >= 15 is 0 Å². The Labute approximate surface area is 184 Å². The van der Waals surface area contributed by atoms with Crippen molar-refractivity contribution in [2.24, 2.45) is 0 Å². The lowest BCUT2D eigenvalue weighted by molar-refractivity contribution is 0.169. The summed E-state index contributed by atoms with van der Waals surface area (Å²) in [6.45, 7) is 4.97. The van der Waals surface area contributed by atoms with Gasteiger partial charge in [-0.1, -0.05) is 29.3 Å². The molecule has 3 aromatic rings. The number of aromatic nitrogens is 3. The van der Waals surface area contributed by atoms with Crippen LogP contribution >= 0.6 is 23.2 Å². The smallest absolute Gasteiger partial charge is 0.255 e. The number of hydrogen-bond acceptors (Lipinski definition) is 5.